The van der Waals surface area contributed by atoms with Crippen LogP contribution >= 0.6 is 0 Å². The van der Waals surface area contributed by atoms with Crippen molar-refractivity contribution in [2.75, 3.05) is 7.11 Å². The van der Waals surface area contributed by atoms with Crippen molar-refractivity contribution in [3.05, 3.63) is 24.8 Å². The summed E-state index contributed by atoms with van der Waals surface area (Å²) in [7, 11) is 1.31. The van der Waals surface area contributed by atoms with E-state index in [-0.39, 0.29) is 5.97 Å². The molecule has 1 heterocycles. The molecule has 0 spiro atoms. The van der Waals surface area contributed by atoms with E-state index in [9.17, 15) is 4.79 Å². The predicted octanol–water partition coefficient (Wildman–Crippen LogP) is -0.0168. The third-order valence-electron chi connectivity index (χ3n) is 1.05. The molecule has 0 amide bonds. The summed E-state index contributed by atoms with van der Waals surface area (Å²) in [5, 5.41) is 0. The van der Waals surface area contributed by atoms with E-state index in [1.807, 2.05) is 0 Å². The summed E-state index contributed by atoms with van der Waals surface area (Å²) in [6, 6.07) is 1.28. The number of carbonyl (C=O) groups excluding carboxylic acids is 1. The highest BCUT2D eigenvalue weighted by atomic mass is 16.5. The molecule has 72 valence electrons. The molecular weight excluding hydrogens is 170 g/mol. The van der Waals surface area contributed by atoms with Crippen LogP contribution in [0.4, 0.5) is 0 Å². The number of nitrogens with zero attached hydrogens (tertiary/aromatic N) is 2. The Morgan fingerprint density at radius 2 is 2.00 bits per heavy atom. The second-order valence-electron chi connectivity index (χ2n) is 2.22. The summed E-state index contributed by atoms with van der Waals surface area (Å²) < 4.78 is 4.25. The number of hydrogen-bond donors (Lipinski definition) is 1. The second kappa shape index (κ2) is 7.17. The van der Waals surface area contributed by atoms with Crippen molar-refractivity contribution in [2.45, 2.75) is 13.0 Å². The summed E-state index contributed by atoms with van der Waals surface area (Å²) >= 11 is 0. The molecule has 1 unspecified atom stereocenters. The first kappa shape index (κ1) is 11.5. The average molecular weight is 183 g/mol. The molecule has 0 saturated heterocycles. The number of aromatic nitrogens is 2. The second-order valence-corrected chi connectivity index (χ2v) is 2.22. The van der Waals surface area contributed by atoms with Crippen LogP contribution in [-0.2, 0) is 9.53 Å². The smallest absolute Gasteiger partial charge is 0.322 e. The van der Waals surface area contributed by atoms with Crippen molar-refractivity contribution < 1.29 is 9.53 Å². The molecule has 0 aromatic carbocycles. The molecule has 5 heteroatoms. The van der Waals surface area contributed by atoms with Crippen molar-refractivity contribution in [1.82, 2.24) is 9.97 Å². The molecule has 0 bridgehead atoms. The fraction of sp³-hybridized carbons (Fsp3) is 0.375. The molecule has 5 nitrogen and oxygen atoms in total. The third-order valence-corrected chi connectivity index (χ3v) is 1.05. The Morgan fingerprint density at radius 3 is 2.08 bits per heavy atom. The Morgan fingerprint density at radius 1 is 1.46 bits per heavy atom. The Balaban J connectivity index is 0.000000223. The van der Waals surface area contributed by atoms with Gasteiger partial charge in [0, 0.05) is 12.4 Å². The van der Waals surface area contributed by atoms with Crippen LogP contribution in [0.2, 0.25) is 0 Å². The van der Waals surface area contributed by atoms with Crippen molar-refractivity contribution in [3.63, 3.8) is 0 Å². The van der Waals surface area contributed by atoms with E-state index in [1.54, 1.807) is 25.4 Å². The number of methoxy groups -OCH3 is 1. The number of esters is 1. The molecule has 13 heavy (non-hydrogen) atoms. The largest absolute Gasteiger partial charge is 0.468 e. The van der Waals surface area contributed by atoms with E-state index in [0.717, 1.165) is 0 Å². The molecule has 1 aromatic heterocycles. The molecule has 1 atom stereocenters. The average Bonchev–Trinajstić information content (AvgIpc) is 2.20. The van der Waals surface area contributed by atoms with Crippen molar-refractivity contribution >= 4 is 5.97 Å². The monoisotopic (exact) mass is 183 g/mol. The Hall–Kier alpha value is -1.49. The minimum Gasteiger partial charge on any atom is -0.468 e. The molecule has 1 aromatic rings. The maximum Gasteiger partial charge on any atom is 0.322 e. The lowest BCUT2D eigenvalue weighted by molar-refractivity contribution is -0.141. The van der Waals surface area contributed by atoms with Crippen LogP contribution in [0.15, 0.2) is 24.8 Å². The fourth-order valence-corrected chi connectivity index (χ4v) is 0.439. The Kier molecular flexibility index (Phi) is 6.35. The lowest BCUT2D eigenvalue weighted by Crippen LogP contribution is -2.27. The van der Waals surface area contributed by atoms with E-state index < -0.39 is 6.04 Å². The summed E-state index contributed by atoms with van der Waals surface area (Å²) in [5.74, 6) is -0.375. The van der Waals surface area contributed by atoms with E-state index in [2.05, 4.69) is 14.7 Å². The summed E-state index contributed by atoms with van der Waals surface area (Å²) in [4.78, 5) is 17.5. The highest BCUT2D eigenvalue weighted by molar-refractivity contribution is 5.74. The third kappa shape index (κ3) is 6.89. The molecule has 0 aliphatic rings. The number of nitrogens with two attached hydrogens (primary N) is 1. The molecule has 2 N–H and O–H groups in total. The highest BCUT2D eigenvalue weighted by Crippen LogP contribution is 1.76. The summed E-state index contributed by atoms with van der Waals surface area (Å²) in [5.41, 5.74) is 5.07. The molecular formula is C8H13N3O2. The van der Waals surface area contributed by atoms with Gasteiger partial charge in [-0.15, -0.1) is 0 Å². The van der Waals surface area contributed by atoms with Crippen LogP contribution in [0, 0.1) is 0 Å². The molecule has 0 aliphatic carbocycles. The van der Waals surface area contributed by atoms with Gasteiger partial charge in [0.1, 0.15) is 12.4 Å². The minimum absolute atomic E-state index is 0.375. The van der Waals surface area contributed by atoms with E-state index in [0.29, 0.717) is 0 Å². The quantitative estimate of drug-likeness (QED) is 0.619. The first-order valence-electron chi connectivity index (χ1n) is 3.72. The van der Waals surface area contributed by atoms with Gasteiger partial charge in [-0.2, -0.15) is 0 Å². The summed E-state index contributed by atoms with van der Waals surface area (Å²) in [6.07, 6.45) is 4.88. The Labute approximate surface area is 77.0 Å². The van der Waals surface area contributed by atoms with Crippen LogP contribution in [0.1, 0.15) is 6.92 Å². The van der Waals surface area contributed by atoms with E-state index in [1.165, 1.54) is 13.4 Å². The van der Waals surface area contributed by atoms with Gasteiger partial charge in [0.25, 0.3) is 0 Å². The molecule has 1 rings (SSSR count). The van der Waals surface area contributed by atoms with Crippen molar-refractivity contribution in [1.29, 1.82) is 0 Å². The number of ether oxygens (including phenoxy) is 1. The van der Waals surface area contributed by atoms with Gasteiger partial charge in [-0.3, -0.25) is 4.79 Å². The van der Waals surface area contributed by atoms with Crippen molar-refractivity contribution in [3.8, 4) is 0 Å². The zero-order valence-electron chi connectivity index (χ0n) is 7.68. The van der Waals surface area contributed by atoms with Gasteiger partial charge in [-0.25, -0.2) is 9.97 Å². The first-order chi connectivity index (χ1) is 6.18. The highest BCUT2D eigenvalue weighted by Gasteiger charge is 2.03. The predicted molar refractivity (Wildman–Crippen MR) is 47.7 cm³/mol. The van der Waals surface area contributed by atoms with Crippen LogP contribution in [-0.4, -0.2) is 29.1 Å². The fourth-order valence-electron chi connectivity index (χ4n) is 0.439. The van der Waals surface area contributed by atoms with Crippen molar-refractivity contribution in [2.24, 2.45) is 5.73 Å². The van der Waals surface area contributed by atoms with Gasteiger partial charge in [-0.1, -0.05) is 0 Å². The Bertz CT molecular complexity index is 199. The molecule has 0 aliphatic heterocycles. The van der Waals surface area contributed by atoms with Crippen LogP contribution in [0.3, 0.4) is 0 Å². The standard InChI is InChI=1S/C4H4N2.C4H9NO2/c1-2-5-4-6-3-1;1-3(5)4(6)7-2/h1-4H;3H,5H2,1-2H3. The molecule has 0 saturated carbocycles. The first-order valence-corrected chi connectivity index (χ1v) is 3.72. The number of carbonyl (C=O) groups is 1. The normalized spacial score (nSPS) is 10.7. The van der Waals surface area contributed by atoms with E-state index in [4.69, 9.17) is 5.73 Å². The van der Waals surface area contributed by atoms with Gasteiger partial charge < -0.3 is 10.5 Å². The lowest BCUT2D eigenvalue weighted by Gasteiger charge is -1.98. The molecule has 0 fully saturated rings. The zero-order chi connectivity index (χ0) is 10.1. The molecule has 0 radical (unpaired) electrons. The number of hydrogen-bond acceptors (Lipinski definition) is 5. The topological polar surface area (TPSA) is 78.1 Å². The van der Waals surface area contributed by atoms with Gasteiger partial charge in [0.15, 0.2) is 0 Å². The van der Waals surface area contributed by atoms with Gasteiger partial charge in [0.05, 0.1) is 7.11 Å². The van der Waals surface area contributed by atoms with Gasteiger partial charge in [0.2, 0.25) is 0 Å². The van der Waals surface area contributed by atoms with Gasteiger partial charge >= 0.3 is 5.97 Å². The SMILES string of the molecule is COC(=O)C(C)N.c1cncnc1. The minimum atomic E-state index is -0.495. The number of rotatable bonds is 1. The van der Waals surface area contributed by atoms with Gasteiger partial charge in [-0.05, 0) is 13.0 Å². The van der Waals surface area contributed by atoms with Crippen LogP contribution < -0.4 is 5.73 Å². The summed E-state index contributed by atoms with van der Waals surface area (Å²) in [6.45, 7) is 1.58. The zero-order valence-corrected chi connectivity index (χ0v) is 7.68. The maximum atomic E-state index is 10.2. The lowest BCUT2D eigenvalue weighted by atomic mass is 10.4. The maximum absolute atomic E-state index is 10.2. The van der Waals surface area contributed by atoms with E-state index >= 15 is 0 Å². The van der Waals surface area contributed by atoms with Crippen LogP contribution in [0.25, 0.3) is 0 Å². The van der Waals surface area contributed by atoms with Crippen LogP contribution in [0.5, 0.6) is 0 Å².